The van der Waals surface area contributed by atoms with Gasteiger partial charge < -0.3 is 4.90 Å². The van der Waals surface area contributed by atoms with Crippen molar-refractivity contribution in [1.82, 2.24) is 9.80 Å². The van der Waals surface area contributed by atoms with E-state index in [1.807, 2.05) is 27.7 Å². The molecule has 0 aromatic rings. The van der Waals surface area contributed by atoms with Crippen molar-refractivity contribution in [3.05, 3.63) is 0 Å². The molecule has 2 heteroatoms. The SMILES string of the molecule is CC.CC.CN1CCN(C(C)(C)C)CC1. The summed E-state index contributed by atoms with van der Waals surface area (Å²) in [4.78, 5) is 4.94. The third kappa shape index (κ3) is 7.80. The Morgan fingerprint density at radius 3 is 1.33 bits per heavy atom. The lowest BCUT2D eigenvalue weighted by atomic mass is 10.1. The Morgan fingerprint density at radius 2 is 1.07 bits per heavy atom. The van der Waals surface area contributed by atoms with Crippen LogP contribution < -0.4 is 0 Å². The van der Waals surface area contributed by atoms with E-state index in [0.717, 1.165) is 0 Å². The van der Waals surface area contributed by atoms with Gasteiger partial charge in [0.05, 0.1) is 0 Å². The molecule has 1 rings (SSSR count). The van der Waals surface area contributed by atoms with Crippen LogP contribution in [0.1, 0.15) is 48.5 Å². The Kier molecular flexibility index (Phi) is 10.6. The summed E-state index contributed by atoms with van der Waals surface area (Å²) >= 11 is 0. The van der Waals surface area contributed by atoms with Crippen LogP contribution in [0.2, 0.25) is 0 Å². The number of hydrogen-bond acceptors (Lipinski definition) is 2. The first-order valence-corrected chi connectivity index (χ1v) is 6.44. The molecule has 0 aromatic heterocycles. The van der Waals surface area contributed by atoms with E-state index in [9.17, 15) is 0 Å². The molecule has 0 aromatic carbocycles. The summed E-state index contributed by atoms with van der Waals surface area (Å²) in [6, 6.07) is 0. The number of likely N-dealkylation sites (N-methyl/N-ethyl adjacent to an activating group) is 1. The quantitative estimate of drug-likeness (QED) is 0.614. The summed E-state index contributed by atoms with van der Waals surface area (Å²) in [6.07, 6.45) is 0. The van der Waals surface area contributed by atoms with Gasteiger partial charge in [-0.2, -0.15) is 0 Å². The normalized spacial score (nSPS) is 18.4. The van der Waals surface area contributed by atoms with Crippen molar-refractivity contribution in [3.63, 3.8) is 0 Å². The van der Waals surface area contributed by atoms with Gasteiger partial charge in [-0.05, 0) is 27.8 Å². The molecule has 1 saturated heterocycles. The lowest BCUT2D eigenvalue weighted by Crippen LogP contribution is -2.52. The van der Waals surface area contributed by atoms with Crippen LogP contribution >= 0.6 is 0 Å². The zero-order valence-corrected chi connectivity index (χ0v) is 12.2. The average molecular weight is 216 g/mol. The van der Waals surface area contributed by atoms with Crippen LogP contribution in [0.4, 0.5) is 0 Å². The summed E-state index contributed by atoms with van der Waals surface area (Å²) in [5.41, 5.74) is 0.362. The fraction of sp³-hybridized carbons (Fsp3) is 1.00. The van der Waals surface area contributed by atoms with Crippen molar-refractivity contribution in [3.8, 4) is 0 Å². The molecule has 0 spiro atoms. The van der Waals surface area contributed by atoms with E-state index in [1.54, 1.807) is 0 Å². The summed E-state index contributed by atoms with van der Waals surface area (Å²) in [5, 5.41) is 0. The third-order valence-electron chi connectivity index (χ3n) is 2.45. The molecule has 1 fully saturated rings. The fourth-order valence-corrected chi connectivity index (χ4v) is 1.48. The molecular formula is C13H32N2. The van der Waals surface area contributed by atoms with Crippen LogP contribution in [0.3, 0.4) is 0 Å². The maximum Gasteiger partial charge on any atom is 0.0126 e. The lowest BCUT2D eigenvalue weighted by molar-refractivity contribution is 0.0736. The highest BCUT2D eigenvalue weighted by Crippen LogP contribution is 2.14. The van der Waals surface area contributed by atoms with E-state index >= 15 is 0 Å². The summed E-state index contributed by atoms with van der Waals surface area (Å²) < 4.78 is 0. The van der Waals surface area contributed by atoms with Gasteiger partial charge in [-0.1, -0.05) is 27.7 Å². The highest BCUT2D eigenvalue weighted by atomic mass is 15.3. The van der Waals surface area contributed by atoms with Crippen molar-refractivity contribution < 1.29 is 0 Å². The molecule has 0 atom stereocenters. The Labute approximate surface area is 97.6 Å². The van der Waals surface area contributed by atoms with Gasteiger partial charge in [-0.25, -0.2) is 0 Å². The van der Waals surface area contributed by atoms with Crippen LogP contribution in [0, 0.1) is 0 Å². The molecule has 0 unspecified atom stereocenters. The van der Waals surface area contributed by atoms with Gasteiger partial charge in [0.15, 0.2) is 0 Å². The molecule has 1 aliphatic rings. The predicted molar refractivity (Wildman–Crippen MR) is 71.5 cm³/mol. The summed E-state index contributed by atoms with van der Waals surface area (Å²) in [5.74, 6) is 0. The maximum atomic E-state index is 2.55. The highest BCUT2D eigenvalue weighted by Gasteiger charge is 2.23. The largest absolute Gasteiger partial charge is 0.304 e. The molecule has 0 saturated carbocycles. The van der Waals surface area contributed by atoms with E-state index in [2.05, 4.69) is 37.6 Å². The lowest BCUT2D eigenvalue weighted by Gasteiger charge is -2.41. The maximum absolute atomic E-state index is 2.55. The van der Waals surface area contributed by atoms with Crippen molar-refractivity contribution >= 4 is 0 Å². The van der Waals surface area contributed by atoms with Crippen LogP contribution in [0.15, 0.2) is 0 Å². The zero-order valence-electron chi connectivity index (χ0n) is 12.2. The second-order valence-electron chi connectivity index (χ2n) is 4.46. The number of piperazine rings is 1. The molecule has 1 heterocycles. The van der Waals surface area contributed by atoms with Gasteiger partial charge in [0, 0.05) is 31.7 Å². The first-order valence-electron chi connectivity index (χ1n) is 6.44. The van der Waals surface area contributed by atoms with E-state index in [1.165, 1.54) is 26.2 Å². The van der Waals surface area contributed by atoms with E-state index < -0.39 is 0 Å². The van der Waals surface area contributed by atoms with Gasteiger partial charge in [-0.15, -0.1) is 0 Å². The van der Waals surface area contributed by atoms with Gasteiger partial charge in [0.25, 0.3) is 0 Å². The minimum atomic E-state index is 0.362. The van der Waals surface area contributed by atoms with Gasteiger partial charge in [-0.3, -0.25) is 4.90 Å². The molecule has 94 valence electrons. The van der Waals surface area contributed by atoms with Gasteiger partial charge in [0.2, 0.25) is 0 Å². The molecule has 2 nitrogen and oxygen atoms in total. The molecule has 0 aliphatic carbocycles. The van der Waals surface area contributed by atoms with E-state index in [-0.39, 0.29) is 0 Å². The zero-order chi connectivity index (χ0) is 12.5. The first-order chi connectivity index (χ1) is 7.00. The molecule has 15 heavy (non-hydrogen) atoms. The average Bonchev–Trinajstić information content (AvgIpc) is 2.23. The summed E-state index contributed by atoms with van der Waals surface area (Å²) in [6.45, 7) is 19.8. The van der Waals surface area contributed by atoms with Gasteiger partial charge >= 0.3 is 0 Å². The van der Waals surface area contributed by atoms with Crippen LogP contribution in [-0.4, -0.2) is 48.6 Å². The molecule has 0 radical (unpaired) electrons. The number of nitrogens with zero attached hydrogens (tertiary/aromatic N) is 2. The monoisotopic (exact) mass is 216 g/mol. The van der Waals surface area contributed by atoms with Crippen molar-refractivity contribution in [2.75, 3.05) is 33.2 Å². The Hall–Kier alpha value is -0.0800. The van der Waals surface area contributed by atoms with Crippen molar-refractivity contribution in [2.45, 2.75) is 54.0 Å². The Morgan fingerprint density at radius 1 is 0.733 bits per heavy atom. The Bertz CT molecular complexity index is 119. The second kappa shape index (κ2) is 9.17. The molecule has 1 aliphatic heterocycles. The minimum Gasteiger partial charge on any atom is -0.304 e. The van der Waals surface area contributed by atoms with Crippen LogP contribution in [0.5, 0.6) is 0 Å². The first kappa shape index (κ1) is 17.3. The molecule has 0 amide bonds. The number of hydrogen-bond donors (Lipinski definition) is 0. The Balaban J connectivity index is 0. The second-order valence-corrected chi connectivity index (χ2v) is 4.46. The van der Waals surface area contributed by atoms with E-state index in [4.69, 9.17) is 0 Å². The minimum absolute atomic E-state index is 0.362. The van der Waals surface area contributed by atoms with Crippen LogP contribution in [0.25, 0.3) is 0 Å². The molecule has 0 bridgehead atoms. The fourth-order valence-electron chi connectivity index (χ4n) is 1.48. The summed E-state index contributed by atoms with van der Waals surface area (Å²) in [7, 11) is 2.19. The standard InChI is InChI=1S/C9H20N2.2C2H6/c1-9(2,3)11-7-5-10(4)6-8-11;2*1-2/h5-8H2,1-4H3;2*1-2H3. The van der Waals surface area contributed by atoms with Crippen LogP contribution in [-0.2, 0) is 0 Å². The molecule has 0 N–H and O–H groups in total. The van der Waals surface area contributed by atoms with Crippen molar-refractivity contribution in [2.24, 2.45) is 0 Å². The van der Waals surface area contributed by atoms with Gasteiger partial charge in [0.1, 0.15) is 0 Å². The molecular weight excluding hydrogens is 184 g/mol. The predicted octanol–water partition coefficient (Wildman–Crippen LogP) is 3.08. The number of rotatable bonds is 0. The highest BCUT2D eigenvalue weighted by molar-refractivity contribution is 4.80. The van der Waals surface area contributed by atoms with Crippen molar-refractivity contribution in [1.29, 1.82) is 0 Å². The topological polar surface area (TPSA) is 6.48 Å². The van der Waals surface area contributed by atoms with E-state index in [0.29, 0.717) is 5.54 Å². The smallest absolute Gasteiger partial charge is 0.0126 e. The third-order valence-corrected chi connectivity index (χ3v) is 2.45.